The van der Waals surface area contributed by atoms with Gasteiger partial charge in [-0.15, -0.1) is 0 Å². The maximum atomic E-state index is 13.1. The third-order valence-electron chi connectivity index (χ3n) is 6.04. The molecule has 9 nitrogen and oxygen atoms in total. The standard InChI is InChI=1S/C23H29N5O4/c1-31-20-8-7-17(11-21(20)32-2)25-22(29)16-6-4-10-28(14-16)23(30)19-12-18(26-27-19)15-5-3-9-24-13-15/h3,5,7-9,11,13,16,18-19,26-27H,4,6,10,12,14H2,1-2H3,(H,25,29). The van der Waals surface area contributed by atoms with Crippen LogP contribution in [-0.4, -0.2) is 55.0 Å². The van der Waals surface area contributed by atoms with Crippen molar-refractivity contribution in [3.05, 3.63) is 48.3 Å². The van der Waals surface area contributed by atoms with Crippen molar-refractivity contribution in [1.29, 1.82) is 0 Å². The molecular weight excluding hydrogens is 410 g/mol. The zero-order valence-corrected chi connectivity index (χ0v) is 18.3. The van der Waals surface area contributed by atoms with E-state index < -0.39 is 0 Å². The van der Waals surface area contributed by atoms with Gasteiger partial charge in [0.1, 0.15) is 6.04 Å². The Balaban J connectivity index is 1.35. The van der Waals surface area contributed by atoms with Crippen molar-refractivity contribution in [1.82, 2.24) is 20.7 Å². The van der Waals surface area contributed by atoms with Crippen LogP contribution in [0.4, 0.5) is 5.69 Å². The molecule has 2 aromatic rings. The van der Waals surface area contributed by atoms with E-state index >= 15 is 0 Å². The lowest BCUT2D eigenvalue weighted by Crippen LogP contribution is -2.50. The minimum absolute atomic E-state index is 0.0208. The van der Waals surface area contributed by atoms with Gasteiger partial charge >= 0.3 is 0 Å². The van der Waals surface area contributed by atoms with Crippen molar-refractivity contribution in [2.45, 2.75) is 31.3 Å². The molecule has 3 unspecified atom stereocenters. The molecule has 32 heavy (non-hydrogen) atoms. The molecule has 3 atom stereocenters. The van der Waals surface area contributed by atoms with Crippen molar-refractivity contribution in [2.24, 2.45) is 5.92 Å². The summed E-state index contributed by atoms with van der Waals surface area (Å²) >= 11 is 0. The first-order valence-electron chi connectivity index (χ1n) is 10.8. The van der Waals surface area contributed by atoms with Crippen LogP contribution in [0.3, 0.4) is 0 Å². The third kappa shape index (κ3) is 4.84. The number of benzene rings is 1. The Kier molecular flexibility index (Phi) is 6.87. The van der Waals surface area contributed by atoms with Crippen LogP contribution in [-0.2, 0) is 9.59 Å². The first-order chi connectivity index (χ1) is 15.6. The Morgan fingerprint density at radius 1 is 1.16 bits per heavy atom. The van der Waals surface area contributed by atoms with E-state index in [1.54, 1.807) is 43.5 Å². The van der Waals surface area contributed by atoms with Crippen molar-refractivity contribution in [3.8, 4) is 11.5 Å². The van der Waals surface area contributed by atoms with Gasteiger partial charge in [-0.25, -0.2) is 10.9 Å². The molecule has 2 aliphatic heterocycles. The Labute approximate surface area is 187 Å². The number of likely N-dealkylation sites (tertiary alicyclic amines) is 1. The maximum absolute atomic E-state index is 13.1. The number of pyridine rings is 1. The number of methoxy groups -OCH3 is 2. The highest BCUT2D eigenvalue weighted by Gasteiger charge is 2.36. The topological polar surface area (TPSA) is 105 Å². The number of hydrazine groups is 1. The van der Waals surface area contributed by atoms with Crippen LogP contribution in [0.2, 0.25) is 0 Å². The third-order valence-corrected chi connectivity index (χ3v) is 6.04. The highest BCUT2D eigenvalue weighted by Crippen LogP contribution is 2.30. The summed E-state index contributed by atoms with van der Waals surface area (Å²) in [5.41, 5.74) is 7.98. The first kappa shape index (κ1) is 22.0. The Hall–Kier alpha value is -3.17. The molecule has 0 aliphatic carbocycles. The van der Waals surface area contributed by atoms with Crippen LogP contribution in [0.25, 0.3) is 0 Å². The predicted octanol–water partition coefficient (Wildman–Crippen LogP) is 1.88. The Morgan fingerprint density at radius 3 is 2.75 bits per heavy atom. The molecular formula is C23H29N5O4. The van der Waals surface area contributed by atoms with Crippen molar-refractivity contribution >= 4 is 17.5 Å². The number of nitrogens with zero attached hydrogens (tertiary/aromatic N) is 2. The molecule has 2 fully saturated rings. The number of carbonyl (C=O) groups is 2. The van der Waals surface area contributed by atoms with E-state index in [4.69, 9.17) is 9.47 Å². The molecule has 170 valence electrons. The molecule has 2 aliphatic rings. The normalized spacial score (nSPS) is 22.9. The largest absolute Gasteiger partial charge is 0.493 e. The second-order valence-corrected chi connectivity index (χ2v) is 8.10. The number of piperidine rings is 1. The highest BCUT2D eigenvalue weighted by molar-refractivity contribution is 5.93. The average Bonchev–Trinajstić information content (AvgIpc) is 3.34. The number of nitrogens with one attached hydrogen (secondary N) is 3. The van der Waals surface area contributed by atoms with Gasteiger partial charge in [-0.2, -0.15) is 0 Å². The highest BCUT2D eigenvalue weighted by atomic mass is 16.5. The van der Waals surface area contributed by atoms with Gasteiger partial charge in [-0.3, -0.25) is 14.6 Å². The number of amides is 2. The molecule has 4 rings (SSSR count). The number of hydrogen-bond acceptors (Lipinski definition) is 7. The molecule has 0 saturated carbocycles. The molecule has 2 saturated heterocycles. The van der Waals surface area contributed by atoms with Gasteiger partial charge in [0.25, 0.3) is 0 Å². The number of carbonyl (C=O) groups excluding carboxylic acids is 2. The number of hydrogen-bond donors (Lipinski definition) is 3. The maximum Gasteiger partial charge on any atom is 0.241 e. The fourth-order valence-corrected chi connectivity index (χ4v) is 4.29. The summed E-state index contributed by atoms with van der Waals surface area (Å²) in [6, 6.07) is 8.85. The second kappa shape index (κ2) is 9.97. The van der Waals surface area contributed by atoms with E-state index in [1.807, 2.05) is 18.3 Å². The smallest absolute Gasteiger partial charge is 0.241 e. The minimum Gasteiger partial charge on any atom is -0.493 e. The molecule has 3 N–H and O–H groups in total. The van der Waals surface area contributed by atoms with Gasteiger partial charge < -0.3 is 19.7 Å². The van der Waals surface area contributed by atoms with E-state index in [-0.39, 0.29) is 29.8 Å². The summed E-state index contributed by atoms with van der Waals surface area (Å²) in [6.07, 6.45) is 5.72. The van der Waals surface area contributed by atoms with Crippen LogP contribution in [0.15, 0.2) is 42.7 Å². The molecule has 2 amide bonds. The van der Waals surface area contributed by atoms with E-state index in [0.717, 1.165) is 18.4 Å². The molecule has 1 aromatic heterocycles. The number of aromatic nitrogens is 1. The predicted molar refractivity (Wildman–Crippen MR) is 119 cm³/mol. The van der Waals surface area contributed by atoms with Gasteiger partial charge in [0.05, 0.1) is 20.1 Å². The van der Waals surface area contributed by atoms with Gasteiger partial charge in [-0.05, 0) is 43.0 Å². The van der Waals surface area contributed by atoms with E-state index in [9.17, 15) is 9.59 Å². The fourth-order valence-electron chi connectivity index (χ4n) is 4.29. The van der Waals surface area contributed by atoms with Crippen LogP contribution >= 0.6 is 0 Å². The quantitative estimate of drug-likeness (QED) is 0.631. The van der Waals surface area contributed by atoms with Gasteiger partial charge in [0, 0.05) is 43.3 Å². The summed E-state index contributed by atoms with van der Waals surface area (Å²) < 4.78 is 10.5. The molecule has 0 bridgehead atoms. The van der Waals surface area contributed by atoms with Crippen molar-refractivity contribution in [2.75, 3.05) is 32.6 Å². The summed E-state index contributed by atoms with van der Waals surface area (Å²) in [6.45, 7) is 1.07. The van der Waals surface area contributed by atoms with Crippen LogP contribution in [0, 0.1) is 5.92 Å². The minimum atomic E-state index is -0.326. The number of anilines is 1. The fraction of sp³-hybridized carbons (Fsp3) is 0.435. The summed E-state index contributed by atoms with van der Waals surface area (Å²) in [7, 11) is 3.12. The second-order valence-electron chi connectivity index (χ2n) is 8.10. The van der Waals surface area contributed by atoms with Gasteiger partial charge in [0.15, 0.2) is 11.5 Å². The number of ether oxygens (including phenoxy) is 2. The number of rotatable bonds is 6. The van der Waals surface area contributed by atoms with Crippen molar-refractivity contribution in [3.63, 3.8) is 0 Å². The van der Waals surface area contributed by atoms with E-state index in [2.05, 4.69) is 21.2 Å². The Morgan fingerprint density at radius 2 is 2.00 bits per heavy atom. The SMILES string of the molecule is COc1ccc(NC(=O)C2CCCN(C(=O)C3CC(c4cccnc4)NN3)C2)cc1OC. The molecule has 0 radical (unpaired) electrons. The molecule has 1 aromatic carbocycles. The molecule has 3 heterocycles. The summed E-state index contributed by atoms with van der Waals surface area (Å²) in [5, 5.41) is 2.95. The first-order valence-corrected chi connectivity index (χ1v) is 10.8. The van der Waals surface area contributed by atoms with E-state index in [0.29, 0.717) is 36.7 Å². The lowest BCUT2D eigenvalue weighted by Gasteiger charge is -2.33. The Bertz CT molecular complexity index is 955. The zero-order chi connectivity index (χ0) is 22.5. The monoisotopic (exact) mass is 439 g/mol. The zero-order valence-electron chi connectivity index (χ0n) is 18.3. The summed E-state index contributed by atoms with van der Waals surface area (Å²) in [4.78, 5) is 31.9. The van der Waals surface area contributed by atoms with Crippen LogP contribution < -0.4 is 25.6 Å². The lowest BCUT2D eigenvalue weighted by molar-refractivity contribution is -0.136. The van der Waals surface area contributed by atoms with Gasteiger partial charge in [0.2, 0.25) is 11.8 Å². The van der Waals surface area contributed by atoms with Crippen LogP contribution in [0.1, 0.15) is 30.9 Å². The molecule has 9 heteroatoms. The van der Waals surface area contributed by atoms with E-state index in [1.165, 1.54) is 0 Å². The van der Waals surface area contributed by atoms with Crippen molar-refractivity contribution < 1.29 is 19.1 Å². The average molecular weight is 440 g/mol. The summed E-state index contributed by atoms with van der Waals surface area (Å²) in [5.74, 6) is 0.813. The lowest BCUT2D eigenvalue weighted by atomic mass is 9.95. The molecule has 0 spiro atoms. The van der Waals surface area contributed by atoms with Gasteiger partial charge in [-0.1, -0.05) is 6.07 Å². The van der Waals surface area contributed by atoms with Crippen LogP contribution in [0.5, 0.6) is 11.5 Å².